The second kappa shape index (κ2) is 9.80. The van der Waals surface area contributed by atoms with Gasteiger partial charge in [0.2, 0.25) is 0 Å². The van der Waals surface area contributed by atoms with E-state index in [1.54, 1.807) is 12.1 Å². The number of hydrogen-bond acceptors (Lipinski definition) is 2. The first-order chi connectivity index (χ1) is 8.72. The van der Waals surface area contributed by atoms with Crippen LogP contribution in [0.3, 0.4) is 0 Å². The first-order valence-corrected chi connectivity index (χ1v) is 6.97. The molecule has 2 rings (SSSR count). The Balaban J connectivity index is 0.00000180. The van der Waals surface area contributed by atoms with Crippen molar-refractivity contribution in [1.29, 1.82) is 0 Å². The van der Waals surface area contributed by atoms with Crippen molar-refractivity contribution in [3.63, 3.8) is 0 Å². The number of nitrogens with zero attached hydrogens (tertiary/aromatic N) is 1. The molecule has 1 heterocycles. The Kier molecular flexibility index (Phi) is 9.77. The Bertz CT molecular complexity index is 384. The van der Waals surface area contributed by atoms with Crippen molar-refractivity contribution in [2.75, 3.05) is 19.6 Å². The first-order valence-electron chi connectivity index (χ1n) is 6.60. The van der Waals surface area contributed by atoms with Gasteiger partial charge in [0, 0.05) is 29.7 Å². The Labute approximate surface area is 137 Å². The number of benzene rings is 1. The maximum Gasteiger partial charge on any atom is 0.129 e. The van der Waals surface area contributed by atoms with E-state index in [2.05, 4.69) is 17.1 Å². The summed E-state index contributed by atoms with van der Waals surface area (Å²) in [4.78, 5) is 2.47. The molecule has 1 unspecified atom stereocenters. The van der Waals surface area contributed by atoms with Gasteiger partial charge in [0.25, 0.3) is 0 Å². The van der Waals surface area contributed by atoms with Crippen LogP contribution in [0.1, 0.15) is 25.3 Å². The lowest BCUT2D eigenvalue weighted by Gasteiger charge is -2.23. The van der Waals surface area contributed by atoms with Crippen LogP contribution in [0, 0.1) is 5.82 Å². The van der Waals surface area contributed by atoms with E-state index in [0.29, 0.717) is 23.2 Å². The third kappa shape index (κ3) is 5.05. The normalized spacial score (nSPS) is 18.4. The van der Waals surface area contributed by atoms with Gasteiger partial charge in [0.1, 0.15) is 5.82 Å². The largest absolute Gasteiger partial charge is 0.311 e. The third-order valence-corrected chi connectivity index (χ3v) is 4.00. The fourth-order valence-corrected chi connectivity index (χ4v) is 2.84. The number of hydrogen-bond donors (Lipinski definition) is 1. The Morgan fingerprint density at radius 3 is 2.80 bits per heavy atom. The molecule has 1 N–H and O–H groups in total. The molecular weight excluding hydrogens is 322 g/mol. The van der Waals surface area contributed by atoms with E-state index < -0.39 is 0 Å². The molecule has 0 amide bonds. The highest BCUT2D eigenvalue weighted by Gasteiger charge is 2.22. The number of likely N-dealkylation sites (tertiary alicyclic amines) is 1. The fourth-order valence-electron chi connectivity index (χ4n) is 2.61. The number of halogens is 4. The summed E-state index contributed by atoms with van der Waals surface area (Å²) < 4.78 is 13.6. The Morgan fingerprint density at radius 1 is 1.40 bits per heavy atom. The molecule has 1 saturated heterocycles. The van der Waals surface area contributed by atoms with Gasteiger partial charge >= 0.3 is 0 Å². The molecule has 1 aliphatic heterocycles. The van der Waals surface area contributed by atoms with E-state index in [1.807, 2.05) is 0 Å². The summed E-state index contributed by atoms with van der Waals surface area (Å²) in [7, 11) is 0. The number of likely N-dealkylation sites (N-methyl/N-ethyl adjacent to an activating group) is 1. The van der Waals surface area contributed by atoms with E-state index in [9.17, 15) is 4.39 Å². The summed E-state index contributed by atoms with van der Waals surface area (Å²) in [6, 6.07) is 5.41. The zero-order chi connectivity index (χ0) is 13.0. The molecule has 116 valence electrons. The van der Waals surface area contributed by atoms with Crippen molar-refractivity contribution in [1.82, 2.24) is 10.2 Å². The predicted molar refractivity (Wildman–Crippen MR) is 87.9 cm³/mol. The van der Waals surface area contributed by atoms with E-state index in [0.717, 1.165) is 13.1 Å². The molecule has 0 saturated carbocycles. The molecule has 2 nitrogen and oxygen atoms in total. The fraction of sp³-hybridized carbons (Fsp3) is 0.571. The van der Waals surface area contributed by atoms with Gasteiger partial charge in [0.15, 0.2) is 0 Å². The molecule has 1 aromatic rings. The molecule has 1 atom stereocenters. The second-order valence-corrected chi connectivity index (χ2v) is 5.16. The zero-order valence-corrected chi connectivity index (χ0v) is 14.0. The first kappa shape index (κ1) is 19.9. The van der Waals surface area contributed by atoms with Crippen LogP contribution in [-0.2, 0) is 6.54 Å². The van der Waals surface area contributed by atoms with E-state index in [4.69, 9.17) is 11.6 Å². The highest BCUT2D eigenvalue weighted by atomic mass is 35.5. The molecule has 1 aromatic carbocycles. The molecule has 0 aromatic heterocycles. The minimum Gasteiger partial charge on any atom is -0.311 e. The summed E-state index contributed by atoms with van der Waals surface area (Å²) >= 11 is 5.99. The van der Waals surface area contributed by atoms with Gasteiger partial charge in [-0.05, 0) is 38.1 Å². The Morgan fingerprint density at radius 2 is 2.15 bits per heavy atom. The predicted octanol–water partition coefficient (Wildman–Crippen LogP) is 3.90. The van der Waals surface area contributed by atoms with Crippen LogP contribution in [0.5, 0.6) is 0 Å². The van der Waals surface area contributed by atoms with Crippen molar-refractivity contribution in [3.8, 4) is 0 Å². The van der Waals surface area contributed by atoms with Gasteiger partial charge in [-0.25, -0.2) is 4.39 Å². The molecule has 20 heavy (non-hydrogen) atoms. The van der Waals surface area contributed by atoms with Crippen LogP contribution >= 0.6 is 36.4 Å². The average Bonchev–Trinajstić information content (AvgIpc) is 2.80. The molecule has 6 heteroatoms. The quantitative estimate of drug-likeness (QED) is 0.872. The van der Waals surface area contributed by atoms with Crippen molar-refractivity contribution in [2.24, 2.45) is 0 Å². The van der Waals surface area contributed by atoms with Crippen molar-refractivity contribution >= 4 is 36.4 Å². The molecule has 0 aliphatic carbocycles. The minimum absolute atomic E-state index is 0. The van der Waals surface area contributed by atoms with Crippen molar-refractivity contribution < 1.29 is 4.39 Å². The van der Waals surface area contributed by atoms with Gasteiger partial charge in [-0.15, -0.1) is 24.8 Å². The summed E-state index contributed by atoms with van der Waals surface area (Å²) in [5.74, 6) is -0.228. The molecule has 0 bridgehead atoms. The number of nitrogens with one attached hydrogen (secondary N) is 1. The van der Waals surface area contributed by atoms with E-state index in [1.165, 1.54) is 25.5 Å². The average molecular weight is 344 g/mol. The topological polar surface area (TPSA) is 15.3 Å². The summed E-state index contributed by atoms with van der Waals surface area (Å²) in [6.45, 7) is 5.86. The van der Waals surface area contributed by atoms with Crippen LogP contribution in [-0.4, -0.2) is 30.6 Å². The number of rotatable bonds is 5. The molecule has 1 fully saturated rings. The SMILES string of the molecule is CCN1CCCC1CNCc1c(F)cccc1Cl.Cl.Cl. The minimum atomic E-state index is -0.228. The second-order valence-electron chi connectivity index (χ2n) is 4.76. The summed E-state index contributed by atoms with van der Waals surface area (Å²) in [5, 5.41) is 3.82. The maximum absolute atomic E-state index is 13.6. The van der Waals surface area contributed by atoms with Gasteiger partial charge in [-0.3, -0.25) is 4.90 Å². The highest BCUT2D eigenvalue weighted by Crippen LogP contribution is 2.19. The lowest BCUT2D eigenvalue weighted by molar-refractivity contribution is 0.259. The van der Waals surface area contributed by atoms with Crippen molar-refractivity contribution in [2.45, 2.75) is 32.4 Å². The lowest BCUT2D eigenvalue weighted by Crippen LogP contribution is -2.37. The molecule has 1 aliphatic rings. The van der Waals surface area contributed by atoms with E-state index >= 15 is 0 Å². The summed E-state index contributed by atoms with van der Waals surface area (Å²) in [5.41, 5.74) is 0.570. The van der Waals surface area contributed by atoms with E-state index in [-0.39, 0.29) is 30.6 Å². The van der Waals surface area contributed by atoms with Gasteiger partial charge in [0.05, 0.1) is 0 Å². The molecular formula is C14H22Cl3FN2. The smallest absolute Gasteiger partial charge is 0.129 e. The van der Waals surface area contributed by atoms with Crippen LogP contribution in [0.2, 0.25) is 5.02 Å². The zero-order valence-electron chi connectivity index (χ0n) is 11.6. The van der Waals surface area contributed by atoms with Gasteiger partial charge < -0.3 is 5.32 Å². The maximum atomic E-state index is 13.6. The highest BCUT2D eigenvalue weighted by molar-refractivity contribution is 6.31. The van der Waals surface area contributed by atoms with Crippen LogP contribution < -0.4 is 5.32 Å². The molecule has 0 radical (unpaired) electrons. The monoisotopic (exact) mass is 342 g/mol. The van der Waals surface area contributed by atoms with Gasteiger partial charge in [-0.1, -0.05) is 24.6 Å². The summed E-state index contributed by atoms with van der Waals surface area (Å²) in [6.07, 6.45) is 2.49. The third-order valence-electron chi connectivity index (χ3n) is 3.65. The standard InChI is InChI=1S/C14H20ClFN2.2ClH/c1-2-18-8-4-5-11(18)9-17-10-12-13(15)6-3-7-14(12)16;;/h3,6-7,11,17H,2,4-5,8-10H2,1H3;2*1H. The van der Waals surface area contributed by atoms with Crippen LogP contribution in [0.25, 0.3) is 0 Å². The Hall–Kier alpha value is -0.0600. The van der Waals surface area contributed by atoms with Crippen LogP contribution in [0.15, 0.2) is 18.2 Å². The van der Waals surface area contributed by atoms with Crippen LogP contribution in [0.4, 0.5) is 4.39 Å². The van der Waals surface area contributed by atoms with Crippen molar-refractivity contribution in [3.05, 3.63) is 34.6 Å². The lowest BCUT2D eigenvalue weighted by atomic mass is 10.2. The van der Waals surface area contributed by atoms with Gasteiger partial charge in [-0.2, -0.15) is 0 Å². The molecule has 0 spiro atoms.